The number of hydrogen-bond donors (Lipinski definition) is 2. The summed E-state index contributed by atoms with van der Waals surface area (Å²) in [6.07, 6.45) is -4.23. The number of carbonyl (C=O) groups excluding carboxylic acids is 3. The number of alkyl halides is 3. The van der Waals surface area contributed by atoms with Crippen molar-refractivity contribution in [3.8, 4) is 0 Å². The van der Waals surface area contributed by atoms with Gasteiger partial charge >= 0.3 is 12.1 Å². The Morgan fingerprint density at radius 2 is 1.71 bits per heavy atom. The Morgan fingerprint density at radius 1 is 1.04 bits per heavy atom. The van der Waals surface area contributed by atoms with Crippen molar-refractivity contribution in [3.63, 3.8) is 0 Å². The molecule has 252 valence electrons. The summed E-state index contributed by atoms with van der Waals surface area (Å²) in [4.78, 5) is 39.9. The van der Waals surface area contributed by atoms with E-state index in [1.54, 1.807) is 13.0 Å². The highest BCUT2D eigenvalue weighted by Gasteiger charge is 2.68. The first-order valence-electron chi connectivity index (χ1n) is 15.5. The molecule has 48 heavy (non-hydrogen) atoms. The average Bonchev–Trinajstić information content (AvgIpc) is 3.51. The molecule has 4 heterocycles. The second kappa shape index (κ2) is 14.2. The predicted molar refractivity (Wildman–Crippen MR) is 165 cm³/mol. The maximum absolute atomic E-state index is 12.7. The van der Waals surface area contributed by atoms with Crippen molar-refractivity contribution in [3.05, 3.63) is 119 Å². The third-order valence-corrected chi connectivity index (χ3v) is 8.52. The molecule has 3 aliphatic rings. The van der Waals surface area contributed by atoms with E-state index >= 15 is 0 Å². The van der Waals surface area contributed by atoms with Crippen LogP contribution >= 0.6 is 0 Å². The van der Waals surface area contributed by atoms with E-state index in [1.807, 2.05) is 60.7 Å². The van der Waals surface area contributed by atoms with Crippen LogP contribution in [0.25, 0.3) is 0 Å². The van der Waals surface area contributed by atoms with Crippen molar-refractivity contribution in [1.29, 1.82) is 0 Å². The summed E-state index contributed by atoms with van der Waals surface area (Å²) in [6, 6.07) is 24.5. The van der Waals surface area contributed by atoms with Crippen LogP contribution < -0.4 is 15.7 Å². The summed E-state index contributed by atoms with van der Waals surface area (Å²) in [6.45, 7) is 3.79. The number of quaternary nitrogens is 1. The van der Waals surface area contributed by atoms with E-state index < -0.39 is 23.5 Å². The van der Waals surface area contributed by atoms with Gasteiger partial charge in [-0.05, 0) is 25.0 Å². The molecule has 2 N–H and O–H groups in total. The van der Waals surface area contributed by atoms with Crippen molar-refractivity contribution in [2.24, 2.45) is 0 Å². The zero-order valence-electron chi connectivity index (χ0n) is 26.4. The van der Waals surface area contributed by atoms with Crippen molar-refractivity contribution in [2.75, 3.05) is 6.54 Å². The van der Waals surface area contributed by atoms with Gasteiger partial charge in [0.1, 0.15) is 12.8 Å². The van der Waals surface area contributed by atoms with Gasteiger partial charge in [-0.1, -0.05) is 97.2 Å². The maximum atomic E-state index is 12.7. The van der Waals surface area contributed by atoms with E-state index in [2.05, 4.69) is 20.8 Å². The first kappa shape index (κ1) is 34.6. The number of aldehydes is 1. The molecular weight excluding hydrogens is 627 g/mol. The molecule has 13 heteroatoms. The molecule has 3 aromatic carbocycles. The molecule has 2 amide bonds. The largest absolute Gasteiger partial charge is 0.841 e. The van der Waals surface area contributed by atoms with Gasteiger partial charge in [0.2, 0.25) is 11.9 Å². The first-order valence-corrected chi connectivity index (χ1v) is 15.5. The normalized spacial score (nSPS) is 22.0. The molecule has 10 nitrogen and oxygen atoms in total. The summed E-state index contributed by atoms with van der Waals surface area (Å²) in [5.74, 6) is 0.586. The molecule has 7 rings (SSSR count). The molecule has 4 aromatic rings. The molecule has 0 aliphatic carbocycles. The number of β-lactam (4-membered cyclic amide) rings is 1. The molecule has 3 aliphatic heterocycles. The number of aryl methyl sites for hydroxylation is 1. The minimum Gasteiger partial charge on any atom is -0.841 e. The van der Waals surface area contributed by atoms with Crippen molar-refractivity contribution in [2.45, 2.75) is 69.7 Å². The summed E-state index contributed by atoms with van der Waals surface area (Å²) < 4.78 is 43.5. The van der Waals surface area contributed by atoms with Crippen LogP contribution in [-0.4, -0.2) is 57.1 Å². The third kappa shape index (κ3) is 7.87. The van der Waals surface area contributed by atoms with Crippen LogP contribution in [0, 0.1) is 0 Å². The van der Waals surface area contributed by atoms with Crippen LogP contribution in [0.3, 0.4) is 0 Å². The Balaban J connectivity index is 0.000000190. The van der Waals surface area contributed by atoms with Crippen LogP contribution in [0.2, 0.25) is 0 Å². The van der Waals surface area contributed by atoms with Crippen LogP contribution in [-0.2, 0) is 39.9 Å². The fraction of sp³-hybridized carbons (Fsp3) is 0.343. The minimum atomic E-state index is -4.42. The minimum absolute atomic E-state index is 0.0200. The van der Waals surface area contributed by atoms with Crippen LogP contribution in [0.5, 0.6) is 0 Å². The fourth-order valence-corrected chi connectivity index (χ4v) is 6.31. The SMILES string of the molecule is CC([O-])N[C@](C)(C=O)CCc1noc(Cc2cccc(C(F)(F)F)c2)n1.O=C1C[N+]2(Cc3ccccc3)C(=O)C(N1)C2c1ccccc1. The molecule has 2 bridgehead atoms. The number of benzene rings is 3. The van der Waals surface area contributed by atoms with E-state index in [4.69, 9.17) is 4.52 Å². The average molecular weight is 664 g/mol. The van der Waals surface area contributed by atoms with Crippen LogP contribution in [0.4, 0.5) is 13.2 Å². The quantitative estimate of drug-likeness (QED) is 0.107. The fourth-order valence-electron chi connectivity index (χ4n) is 6.31. The molecule has 1 aromatic heterocycles. The topological polar surface area (TPSA) is 137 Å². The molecule has 0 radical (unpaired) electrons. The van der Waals surface area contributed by atoms with Gasteiger partial charge in [0, 0.05) is 17.5 Å². The number of nitrogens with one attached hydrogen (secondary N) is 2. The van der Waals surface area contributed by atoms with E-state index in [1.165, 1.54) is 13.0 Å². The van der Waals surface area contributed by atoms with Gasteiger partial charge in [0.15, 0.2) is 18.4 Å². The molecule has 3 fully saturated rings. The summed E-state index contributed by atoms with van der Waals surface area (Å²) in [5.41, 5.74) is 0.847. The number of nitrogens with zero attached hydrogens (tertiary/aromatic N) is 3. The van der Waals surface area contributed by atoms with Crippen LogP contribution in [0.15, 0.2) is 89.5 Å². The Kier molecular flexibility index (Phi) is 10.2. The zero-order valence-corrected chi connectivity index (χ0v) is 26.4. The number of rotatable bonds is 11. The summed E-state index contributed by atoms with van der Waals surface area (Å²) >= 11 is 0. The van der Waals surface area contributed by atoms with Gasteiger partial charge < -0.3 is 25.1 Å². The predicted octanol–water partition coefficient (Wildman–Crippen LogP) is 3.65. The second-order valence-corrected chi connectivity index (χ2v) is 12.4. The molecular formula is C35H36F3N5O5. The number of piperazine rings is 2. The lowest BCUT2D eigenvalue weighted by Gasteiger charge is -2.56. The number of fused-ring (bicyclic) bond motifs is 2. The maximum Gasteiger partial charge on any atom is 0.416 e. The molecule has 5 atom stereocenters. The Hall–Kier alpha value is -4.72. The highest BCUT2D eigenvalue weighted by atomic mass is 19.4. The zero-order chi connectivity index (χ0) is 34.5. The number of amides is 2. The monoisotopic (exact) mass is 663 g/mol. The Morgan fingerprint density at radius 3 is 2.35 bits per heavy atom. The first-order chi connectivity index (χ1) is 22.8. The van der Waals surface area contributed by atoms with Gasteiger partial charge in [-0.2, -0.15) is 18.2 Å². The standard InChI is InChI=1S/C18H16N2O2.C17H19F3N3O3/c21-15-12-20(11-13-7-3-1-4-8-13)17(16(19-15)18(20)22)14-9-5-2-6-10-14;1-11(25)22-16(2,10-24)7-6-14-21-15(26-23-14)9-12-4-3-5-13(8-12)17(18,19)20/h1-10,16-17H,11-12H2;3-5,8,10-11,22H,6-7,9H2,1-2H3/q;-1/p+1/t;11?,16-/m.0/s1. The van der Waals surface area contributed by atoms with E-state index in [9.17, 15) is 32.7 Å². The van der Waals surface area contributed by atoms with Crippen molar-refractivity contribution in [1.82, 2.24) is 20.8 Å². The number of aromatic nitrogens is 2. The van der Waals surface area contributed by atoms with Crippen LogP contribution in [0.1, 0.15) is 60.3 Å². The van der Waals surface area contributed by atoms with Gasteiger partial charge in [0.25, 0.3) is 5.91 Å². The second-order valence-electron chi connectivity index (χ2n) is 12.4. The molecule has 4 unspecified atom stereocenters. The Labute approximate surface area is 275 Å². The van der Waals surface area contributed by atoms with E-state index in [-0.39, 0.29) is 60.1 Å². The summed E-state index contributed by atoms with van der Waals surface area (Å²) in [7, 11) is 0. The van der Waals surface area contributed by atoms with Gasteiger partial charge in [-0.25, -0.2) is 9.28 Å². The van der Waals surface area contributed by atoms with E-state index in [0.717, 1.165) is 23.3 Å². The third-order valence-electron chi connectivity index (χ3n) is 8.52. The highest BCUT2D eigenvalue weighted by molar-refractivity contribution is 5.94. The molecule has 3 saturated heterocycles. The lowest BCUT2D eigenvalue weighted by atomic mass is 9.81. The molecule has 0 spiro atoms. The lowest BCUT2D eigenvalue weighted by molar-refractivity contribution is -0.925. The molecule has 0 saturated carbocycles. The van der Waals surface area contributed by atoms with E-state index in [0.29, 0.717) is 24.2 Å². The van der Waals surface area contributed by atoms with Gasteiger partial charge in [-0.3, -0.25) is 4.79 Å². The number of hydrogen-bond acceptors (Lipinski definition) is 8. The van der Waals surface area contributed by atoms with Crippen molar-refractivity contribution < 1.29 is 41.7 Å². The lowest BCUT2D eigenvalue weighted by Crippen LogP contribution is -2.82. The smallest absolute Gasteiger partial charge is 0.416 e. The number of halogens is 3. The van der Waals surface area contributed by atoms with Gasteiger partial charge in [-0.15, -0.1) is 0 Å². The van der Waals surface area contributed by atoms with Crippen molar-refractivity contribution >= 4 is 18.1 Å². The summed E-state index contributed by atoms with van der Waals surface area (Å²) in [5, 5.41) is 20.5. The Bertz CT molecular complexity index is 1730. The highest BCUT2D eigenvalue weighted by Crippen LogP contribution is 2.46. The van der Waals surface area contributed by atoms with Gasteiger partial charge in [0.05, 0.1) is 17.5 Å². The number of carbonyl (C=O) groups is 3.